The van der Waals surface area contributed by atoms with Crippen molar-refractivity contribution >= 4 is 29.2 Å². The molecule has 31 heavy (non-hydrogen) atoms. The zero-order chi connectivity index (χ0) is 21.6. The van der Waals surface area contributed by atoms with Gasteiger partial charge in [0, 0.05) is 5.56 Å². The van der Waals surface area contributed by atoms with E-state index in [9.17, 15) is 4.79 Å². The minimum absolute atomic E-state index is 0.00782. The summed E-state index contributed by atoms with van der Waals surface area (Å²) in [7, 11) is 0. The first-order chi connectivity index (χ1) is 15.1. The van der Waals surface area contributed by atoms with E-state index in [1.807, 2.05) is 36.4 Å². The molecule has 1 aromatic heterocycles. The summed E-state index contributed by atoms with van der Waals surface area (Å²) in [6, 6.07) is 25.5. The van der Waals surface area contributed by atoms with Crippen molar-refractivity contribution in [3.05, 3.63) is 112 Å². The fraction of sp³-hybridized carbons (Fsp3) is 0.0800. The Kier molecular flexibility index (Phi) is 6.60. The summed E-state index contributed by atoms with van der Waals surface area (Å²) < 4.78 is 16.9. The van der Waals surface area contributed by atoms with Crippen molar-refractivity contribution in [1.82, 2.24) is 0 Å². The molecule has 0 fully saturated rings. The third-order valence-corrected chi connectivity index (χ3v) is 5.36. The average molecular weight is 453 g/mol. The van der Waals surface area contributed by atoms with Gasteiger partial charge in [-0.05, 0) is 48.0 Å². The van der Waals surface area contributed by atoms with Crippen LogP contribution in [0, 0.1) is 0 Å². The Balaban J connectivity index is 1.37. The largest absolute Gasteiger partial charge is 0.489 e. The van der Waals surface area contributed by atoms with Crippen LogP contribution in [0.2, 0.25) is 10.0 Å². The van der Waals surface area contributed by atoms with Gasteiger partial charge in [0.1, 0.15) is 30.5 Å². The molecule has 0 amide bonds. The topological polar surface area (TPSA) is 48.7 Å². The number of hydrogen-bond acceptors (Lipinski definition) is 4. The van der Waals surface area contributed by atoms with Crippen LogP contribution in [0.15, 0.2) is 89.3 Å². The normalized spacial score (nSPS) is 10.6. The van der Waals surface area contributed by atoms with Gasteiger partial charge in [-0.2, -0.15) is 0 Å². The van der Waals surface area contributed by atoms with Crippen LogP contribution in [0.25, 0.3) is 11.3 Å². The van der Waals surface area contributed by atoms with Crippen molar-refractivity contribution in [3.8, 4) is 17.1 Å². The average Bonchev–Trinajstić information content (AvgIpc) is 3.27. The van der Waals surface area contributed by atoms with Crippen LogP contribution in [-0.2, 0) is 18.0 Å². The monoisotopic (exact) mass is 452 g/mol. The van der Waals surface area contributed by atoms with Gasteiger partial charge in [-0.3, -0.25) is 0 Å². The van der Waals surface area contributed by atoms with Crippen molar-refractivity contribution in [2.75, 3.05) is 0 Å². The highest BCUT2D eigenvalue weighted by atomic mass is 35.5. The van der Waals surface area contributed by atoms with Crippen LogP contribution < -0.4 is 4.74 Å². The third kappa shape index (κ3) is 5.29. The number of hydrogen-bond donors (Lipinski definition) is 0. The number of benzene rings is 3. The summed E-state index contributed by atoms with van der Waals surface area (Å²) in [4.78, 5) is 12.5. The molecule has 0 bridgehead atoms. The first-order valence-corrected chi connectivity index (χ1v) is 10.3. The summed E-state index contributed by atoms with van der Waals surface area (Å²) in [6.07, 6.45) is 0. The predicted molar refractivity (Wildman–Crippen MR) is 120 cm³/mol. The summed E-state index contributed by atoms with van der Waals surface area (Å²) in [6.45, 7) is 0.409. The molecule has 3 aromatic carbocycles. The molecule has 156 valence electrons. The number of ether oxygens (including phenoxy) is 2. The second kappa shape index (κ2) is 9.73. The lowest BCUT2D eigenvalue weighted by Gasteiger charge is -2.08. The minimum Gasteiger partial charge on any atom is -0.489 e. The highest BCUT2D eigenvalue weighted by molar-refractivity contribution is 6.43. The number of rotatable bonds is 7. The molecule has 0 aliphatic carbocycles. The fourth-order valence-electron chi connectivity index (χ4n) is 2.97. The van der Waals surface area contributed by atoms with E-state index in [2.05, 4.69) is 0 Å². The Bertz CT molecular complexity index is 1190. The Hall–Kier alpha value is -3.21. The molecular formula is C25H18Cl2O4. The summed E-state index contributed by atoms with van der Waals surface area (Å²) in [5.41, 5.74) is 2.12. The first kappa shape index (κ1) is 21.0. The summed E-state index contributed by atoms with van der Waals surface area (Å²) >= 11 is 12.3. The van der Waals surface area contributed by atoms with Gasteiger partial charge in [0.25, 0.3) is 0 Å². The van der Waals surface area contributed by atoms with E-state index in [1.54, 1.807) is 48.5 Å². The van der Waals surface area contributed by atoms with E-state index in [1.165, 1.54) is 0 Å². The van der Waals surface area contributed by atoms with Crippen molar-refractivity contribution < 1.29 is 18.7 Å². The molecule has 0 N–H and O–H groups in total. The molecule has 0 radical (unpaired) electrons. The van der Waals surface area contributed by atoms with Crippen molar-refractivity contribution in [3.63, 3.8) is 0 Å². The molecule has 0 aliphatic rings. The molecule has 4 rings (SSSR count). The van der Waals surface area contributed by atoms with E-state index in [-0.39, 0.29) is 6.61 Å². The molecule has 4 aromatic rings. The smallest absolute Gasteiger partial charge is 0.338 e. The van der Waals surface area contributed by atoms with Gasteiger partial charge in [0.05, 0.1) is 15.6 Å². The molecule has 6 heteroatoms. The third-order valence-electron chi connectivity index (χ3n) is 4.54. The Morgan fingerprint density at radius 2 is 1.65 bits per heavy atom. The van der Waals surface area contributed by atoms with E-state index < -0.39 is 5.97 Å². The van der Waals surface area contributed by atoms with Gasteiger partial charge >= 0.3 is 5.97 Å². The lowest BCUT2D eigenvalue weighted by Crippen LogP contribution is -2.05. The Morgan fingerprint density at radius 3 is 2.48 bits per heavy atom. The number of furan rings is 1. The molecule has 1 heterocycles. The SMILES string of the molecule is O=C(OCc1ccc(-c2cccc(Cl)c2Cl)o1)c1cccc(OCc2ccccc2)c1. The molecule has 0 aliphatic heterocycles. The van der Waals surface area contributed by atoms with Crippen LogP contribution in [0.1, 0.15) is 21.7 Å². The van der Waals surface area contributed by atoms with Gasteiger partial charge in [-0.15, -0.1) is 0 Å². The maximum absolute atomic E-state index is 12.5. The van der Waals surface area contributed by atoms with Crippen molar-refractivity contribution in [2.45, 2.75) is 13.2 Å². The van der Waals surface area contributed by atoms with Crippen molar-refractivity contribution in [1.29, 1.82) is 0 Å². The molecular weight excluding hydrogens is 435 g/mol. The van der Waals surface area contributed by atoms with Gasteiger partial charge in [0.2, 0.25) is 0 Å². The van der Waals surface area contributed by atoms with Crippen LogP contribution in [-0.4, -0.2) is 5.97 Å². The number of esters is 1. The van der Waals surface area contributed by atoms with Crippen LogP contribution >= 0.6 is 23.2 Å². The standard InChI is InChI=1S/C25H18Cl2O4/c26-22-11-5-10-21(24(22)27)23-13-12-20(31-23)16-30-25(28)18-8-4-9-19(14-18)29-15-17-6-2-1-3-7-17/h1-14H,15-16H2. The Morgan fingerprint density at radius 1 is 0.839 bits per heavy atom. The highest BCUT2D eigenvalue weighted by Crippen LogP contribution is 2.34. The number of carbonyl (C=O) groups excluding carboxylic acids is 1. The van der Waals surface area contributed by atoms with Gasteiger partial charge in [-0.1, -0.05) is 65.7 Å². The second-order valence-electron chi connectivity index (χ2n) is 6.75. The zero-order valence-electron chi connectivity index (χ0n) is 16.4. The Labute approximate surface area is 189 Å². The van der Waals surface area contributed by atoms with E-state index in [0.717, 1.165) is 5.56 Å². The van der Waals surface area contributed by atoms with Crippen LogP contribution in [0.4, 0.5) is 0 Å². The lowest BCUT2D eigenvalue weighted by atomic mass is 10.2. The fourth-order valence-corrected chi connectivity index (χ4v) is 3.36. The summed E-state index contributed by atoms with van der Waals surface area (Å²) in [5.74, 6) is 1.17. The van der Waals surface area contributed by atoms with Gasteiger partial charge in [-0.25, -0.2) is 4.79 Å². The summed E-state index contributed by atoms with van der Waals surface area (Å²) in [5, 5.41) is 0.854. The first-order valence-electron chi connectivity index (χ1n) is 9.57. The predicted octanol–water partition coefficient (Wildman–Crippen LogP) is 7.19. The maximum Gasteiger partial charge on any atom is 0.338 e. The molecule has 0 saturated carbocycles. The van der Waals surface area contributed by atoms with Crippen LogP contribution in [0.5, 0.6) is 5.75 Å². The number of carbonyl (C=O) groups is 1. The minimum atomic E-state index is -0.469. The zero-order valence-corrected chi connectivity index (χ0v) is 17.9. The number of halogens is 2. The van der Waals surface area contributed by atoms with Crippen LogP contribution in [0.3, 0.4) is 0 Å². The molecule has 0 spiro atoms. The second-order valence-corrected chi connectivity index (χ2v) is 7.53. The van der Waals surface area contributed by atoms with E-state index in [0.29, 0.717) is 45.0 Å². The van der Waals surface area contributed by atoms with Gasteiger partial charge in [0.15, 0.2) is 0 Å². The molecule has 0 unspecified atom stereocenters. The molecule has 0 saturated heterocycles. The van der Waals surface area contributed by atoms with Gasteiger partial charge < -0.3 is 13.9 Å². The van der Waals surface area contributed by atoms with E-state index >= 15 is 0 Å². The van der Waals surface area contributed by atoms with E-state index in [4.69, 9.17) is 37.1 Å². The molecule has 0 atom stereocenters. The quantitative estimate of drug-likeness (QED) is 0.278. The maximum atomic E-state index is 12.5. The highest BCUT2D eigenvalue weighted by Gasteiger charge is 2.13. The lowest BCUT2D eigenvalue weighted by molar-refractivity contribution is 0.0446. The molecule has 4 nitrogen and oxygen atoms in total. The van der Waals surface area contributed by atoms with Crippen molar-refractivity contribution in [2.24, 2.45) is 0 Å².